The van der Waals surface area contributed by atoms with Crippen molar-refractivity contribution < 1.29 is 33.5 Å². The van der Waals surface area contributed by atoms with Gasteiger partial charge in [0.05, 0.1) is 0 Å². The van der Waals surface area contributed by atoms with E-state index in [0.29, 0.717) is 6.42 Å². The molecule has 1 aromatic carbocycles. The SMILES string of the molecule is CP(=O)(O)C(O)(C[n+]1cccc(Cc2ccccc2)c1)P(=O)(O)O. The van der Waals surface area contributed by atoms with E-state index in [1.165, 1.54) is 10.8 Å². The number of hydrogen-bond donors (Lipinski definition) is 4. The maximum Gasteiger partial charge on any atom is 0.373 e. The molecule has 0 radical (unpaired) electrons. The highest BCUT2D eigenvalue weighted by Crippen LogP contribution is 2.67. The number of hydrogen-bond acceptors (Lipinski definition) is 3. The van der Waals surface area contributed by atoms with Crippen molar-refractivity contribution in [3.8, 4) is 0 Å². The van der Waals surface area contributed by atoms with Crippen LogP contribution in [0.25, 0.3) is 0 Å². The molecule has 1 aromatic heterocycles. The second kappa shape index (κ2) is 6.89. The summed E-state index contributed by atoms with van der Waals surface area (Å²) in [7, 11) is -9.72. The molecule has 2 unspecified atom stereocenters. The van der Waals surface area contributed by atoms with E-state index in [1.807, 2.05) is 36.4 Å². The molecule has 0 bridgehead atoms. The molecule has 0 aliphatic carbocycles. The van der Waals surface area contributed by atoms with Crippen LogP contribution in [-0.2, 0) is 22.1 Å². The van der Waals surface area contributed by atoms with Gasteiger partial charge in [0.2, 0.25) is 7.37 Å². The third kappa shape index (κ3) is 4.19. The van der Waals surface area contributed by atoms with Crippen LogP contribution in [-0.4, -0.2) is 31.5 Å². The van der Waals surface area contributed by atoms with E-state index in [1.54, 1.807) is 12.3 Å². The summed E-state index contributed by atoms with van der Waals surface area (Å²) >= 11 is 0. The predicted molar refractivity (Wildman–Crippen MR) is 88.6 cm³/mol. The number of nitrogens with zero attached hydrogens (tertiary/aromatic N) is 1. The first-order valence-corrected chi connectivity index (χ1v) is 10.9. The van der Waals surface area contributed by atoms with Crippen LogP contribution in [0.4, 0.5) is 0 Å². The molecule has 0 aliphatic rings. The van der Waals surface area contributed by atoms with Crippen LogP contribution >= 0.6 is 15.0 Å². The van der Waals surface area contributed by atoms with Gasteiger partial charge in [-0.25, -0.2) is 4.57 Å². The minimum atomic E-state index is -5.23. The van der Waals surface area contributed by atoms with Gasteiger partial charge in [0.1, 0.15) is 0 Å². The average molecular weight is 372 g/mol. The third-order valence-electron chi connectivity index (χ3n) is 3.70. The quantitative estimate of drug-likeness (QED) is 0.448. The molecule has 0 saturated heterocycles. The molecule has 0 spiro atoms. The molecule has 7 nitrogen and oxygen atoms in total. The van der Waals surface area contributed by atoms with Crippen molar-refractivity contribution in [2.45, 2.75) is 18.0 Å². The van der Waals surface area contributed by atoms with Gasteiger partial charge in [-0.2, -0.15) is 0 Å². The van der Waals surface area contributed by atoms with Gasteiger partial charge in [0.25, 0.3) is 0 Å². The van der Waals surface area contributed by atoms with Crippen molar-refractivity contribution in [2.24, 2.45) is 0 Å². The van der Waals surface area contributed by atoms with E-state index < -0.39 is 26.6 Å². The lowest BCUT2D eigenvalue weighted by Gasteiger charge is -2.27. The summed E-state index contributed by atoms with van der Waals surface area (Å²) in [5, 5.41) is 7.19. The zero-order chi connectivity index (χ0) is 18.0. The van der Waals surface area contributed by atoms with Crippen LogP contribution in [0.5, 0.6) is 0 Å². The van der Waals surface area contributed by atoms with E-state index in [2.05, 4.69) is 0 Å². The molecule has 1 heterocycles. The molecule has 2 atom stereocenters. The van der Waals surface area contributed by atoms with Gasteiger partial charge < -0.3 is 19.8 Å². The van der Waals surface area contributed by atoms with Crippen molar-refractivity contribution in [3.63, 3.8) is 0 Å². The molecule has 2 rings (SSSR count). The lowest BCUT2D eigenvalue weighted by atomic mass is 10.1. The lowest BCUT2D eigenvalue weighted by Crippen LogP contribution is -2.47. The van der Waals surface area contributed by atoms with Crippen molar-refractivity contribution in [1.29, 1.82) is 0 Å². The van der Waals surface area contributed by atoms with Crippen molar-refractivity contribution in [2.75, 3.05) is 6.66 Å². The minimum absolute atomic E-state index is 0.582. The second-order valence-electron chi connectivity index (χ2n) is 5.74. The van der Waals surface area contributed by atoms with E-state index >= 15 is 0 Å². The Morgan fingerprint density at radius 1 is 1.00 bits per heavy atom. The van der Waals surface area contributed by atoms with Crippen molar-refractivity contribution >= 4 is 15.0 Å². The minimum Gasteiger partial charge on any atom is -0.365 e. The van der Waals surface area contributed by atoms with E-state index in [4.69, 9.17) is 0 Å². The van der Waals surface area contributed by atoms with Crippen LogP contribution in [0, 0.1) is 0 Å². The molecule has 9 heteroatoms. The standard InChI is InChI=1S/C15H19NO6P2/c1-23(18,19)15(17,24(20,21)22)12-16-9-5-8-14(11-16)10-13-6-3-2-4-7-13/h2-9,11,17H,10,12H2,1H3,(H2-,18,19,20,21,22)/p+1. The molecule has 0 amide bonds. The van der Waals surface area contributed by atoms with Gasteiger partial charge in [0, 0.05) is 24.7 Å². The summed E-state index contributed by atoms with van der Waals surface area (Å²) in [6, 6.07) is 13.1. The fourth-order valence-electron chi connectivity index (χ4n) is 2.32. The summed E-state index contributed by atoms with van der Waals surface area (Å²) in [5.74, 6) is 0. The number of rotatable bonds is 6. The maximum absolute atomic E-state index is 11.9. The molecular weight excluding hydrogens is 352 g/mol. The highest BCUT2D eigenvalue weighted by molar-refractivity contribution is 7.74. The molecule has 130 valence electrons. The van der Waals surface area contributed by atoms with Gasteiger partial charge in [-0.15, -0.1) is 0 Å². The van der Waals surface area contributed by atoms with E-state index in [9.17, 15) is 28.9 Å². The van der Waals surface area contributed by atoms with Crippen LogP contribution in [0.2, 0.25) is 0 Å². The van der Waals surface area contributed by atoms with Crippen molar-refractivity contribution in [3.05, 3.63) is 66.0 Å². The van der Waals surface area contributed by atoms with Gasteiger partial charge in [-0.1, -0.05) is 30.3 Å². The molecule has 0 aliphatic heterocycles. The Bertz CT molecular complexity index is 777. The molecule has 2 aromatic rings. The van der Waals surface area contributed by atoms with E-state index in [-0.39, 0.29) is 0 Å². The smallest absolute Gasteiger partial charge is 0.365 e. The fourth-order valence-corrected chi connectivity index (χ4v) is 5.03. The van der Waals surface area contributed by atoms with Crippen molar-refractivity contribution in [1.82, 2.24) is 0 Å². The first-order valence-electron chi connectivity index (χ1n) is 7.13. The Morgan fingerprint density at radius 3 is 2.12 bits per heavy atom. The molecular formula is C15H20NO6P2+. The normalized spacial score (nSPS) is 17.0. The summed E-state index contributed by atoms with van der Waals surface area (Å²) in [6.07, 6.45) is 3.65. The Hall–Kier alpha value is -1.33. The van der Waals surface area contributed by atoms with Crippen LogP contribution < -0.4 is 4.57 Å². The Balaban J connectivity index is 2.31. The fraction of sp³-hybridized carbons (Fsp3) is 0.267. The third-order valence-corrected chi connectivity index (χ3v) is 8.14. The molecule has 0 fully saturated rings. The van der Waals surface area contributed by atoms with Crippen LogP contribution in [0.1, 0.15) is 11.1 Å². The number of aliphatic hydroxyl groups is 1. The predicted octanol–water partition coefficient (Wildman–Crippen LogP) is 1.29. The van der Waals surface area contributed by atoms with Gasteiger partial charge in [-0.3, -0.25) is 9.13 Å². The largest absolute Gasteiger partial charge is 0.373 e. The average Bonchev–Trinajstić information content (AvgIpc) is 2.46. The Morgan fingerprint density at radius 2 is 1.58 bits per heavy atom. The Labute approximate surface area is 139 Å². The number of benzene rings is 1. The molecule has 0 saturated carbocycles. The van der Waals surface area contributed by atoms with Gasteiger partial charge in [0.15, 0.2) is 18.9 Å². The van der Waals surface area contributed by atoms with Crippen LogP contribution in [0.15, 0.2) is 54.9 Å². The monoisotopic (exact) mass is 372 g/mol. The van der Waals surface area contributed by atoms with Gasteiger partial charge in [-0.05, 0) is 11.6 Å². The zero-order valence-corrected chi connectivity index (χ0v) is 14.8. The maximum atomic E-state index is 11.9. The molecule has 24 heavy (non-hydrogen) atoms. The summed E-state index contributed by atoms with van der Waals surface area (Å²) in [4.78, 5) is 28.3. The second-order valence-corrected chi connectivity index (χ2v) is 10.4. The Kier molecular flexibility index (Phi) is 5.45. The summed E-state index contributed by atoms with van der Waals surface area (Å²) < 4.78 is 24.8. The highest BCUT2D eigenvalue weighted by Gasteiger charge is 2.60. The van der Waals surface area contributed by atoms with Gasteiger partial charge >= 0.3 is 12.7 Å². The first-order chi connectivity index (χ1) is 11.0. The number of aromatic nitrogens is 1. The van der Waals surface area contributed by atoms with E-state index in [0.717, 1.165) is 17.8 Å². The number of pyridine rings is 1. The zero-order valence-electron chi connectivity index (χ0n) is 13.1. The molecule has 4 N–H and O–H groups in total. The highest BCUT2D eigenvalue weighted by atomic mass is 31.2. The topological polar surface area (TPSA) is 119 Å². The van der Waals surface area contributed by atoms with Crippen LogP contribution in [0.3, 0.4) is 0 Å². The summed E-state index contributed by atoms with van der Waals surface area (Å²) in [5.41, 5.74) is 1.88. The lowest BCUT2D eigenvalue weighted by molar-refractivity contribution is -0.703. The summed E-state index contributed by atoms with van der Waals surface area (Å²) in [6.45, 7) is 0.0463. The first kappa shape index (κ1) is 19.0.